The summed E-state index contributed by atoms with van der Waals surface area (Å²) >= 11 is 12.3. The Bertz CT molecular complexity index is 1150. The zero-order valence-electron chi connectivity index (χ0n) is 16.4. The molecule has 3 aromatic rings. The standard InChI is InChI=1S/C20H17Cl2N5O4/c1-11-9-12(21)10-13(18(28)25-26-20(30)31-2)17(11)24-19(29)14-6-7-15(22)27(14)16-5-3-4-8-23-16/h3-10H,1-2H3,(H,24,29)(H,25,28)(H,26,30). The van der Waals surface area contributed by atoms with Gasteiger partial charge in [-0.05, 0) is 48.9 Å². The Morgan fingerprint density at radius 1 is 1.03 bits per heavy atom. The largest absolute Gasteiger partial charge is 0.452 e. The van der Waals surface area contributed by atoms with Gasteiger partial charge in [0.25, 0.3) is 11.8 Å². The van der Waals surface area contributed by atoms with Gasteiger partial charge in [-0.25, -0.2) is 15.2 Å². The topological polar surface area (TPSA) is 114 Å². The number of carbonyl (C=O) groups excluding carboxylic acids is 3. The van der Waals surface area contributed by atoms with Crippen molar-refractivity contribution in [1.82, 2.24) is 20.4 Å². The number of carbonyl (C=O) groups is 3. The molecule has 3 amide bonds. The molecule has 0 aliphatic carbocycles. The Hall–Kier alpha value is -3.56. The molecule has 2 heterocycles. The van der Waals surface area contributed by atoms with Crippen molar-refractivity contribution in [2.45, 2.75) is 6.92 Å². The van der Waals surface area contributed by atoms with E-state index in [1.165, 1.54) is 16.7 Å². The summed E-state index contributed by atoms with van der Waals surface area (Å²) in [4.78, 5) is 41.1. The fourth-order valence-corrected chi connectivity index (χ4v) is 3.31. The van der Waals surface area contributed by atoms with Crippen molar-refractivity contribution in [2.24, 2.45) is 0 Å². The van der Waals surface area contributed by atoms with Crippen molar-refractivity contribution in [2.75, 3.05) is 12.4 Å². The third-order valence-electron chi connectivity index (χ3n) is 4.19. The maximum atomic E-state index is 13.1. The summed E-state index contributed by atoms with van der Waals surface area (Å²) in [6.07, 6.45) is 0.716. The number of pyridine rings is 1. The SMILES string of the molecule is COC(=O)NNC(=O)c1cc(Cl)cc(C)c1NC(=O)c1ccc(Cl)n1-c1ccccn1. The van der Waals surface area contributed by atoms with Crippen LogP contribution in [0.3, 0.4) is 0 Å². The molecule has 0 saturated carbocycles. The van der Waals surface area contributed by atoms with Crippen LogP contribution in [0, 0.1) is 6.92 Å². The Kier molecular flexibility index (Phi) is 6.78. The third-order valence-corrected chi connectivity index (χ3v) is 4.70. The zero-order valence-corrected chi connectivity index (χ0v) is 17.9. The maximum Gasteiger partial charge on any atom is 0.425 e. The summed E-state index contributed by atoms with van der Waals surface area (Å²) in [6, 6.07) is 11.3. The highest BCUT2D eigenvalue weighted by molar-refractivity contribution is 6.31. The van der Waals surface area contributed by atoms with Crippen LogP contribution >= 0.6 is 23.2 Å². The lowest BCUT2D eigenvalue weighted by Gasteiger charge is -2.16. The van der Waals surface area contributed by atoms with Gasteiger partial charge < -0.3 is 10.1 Å². The lowest BCUT2D eigenvalue weighted by atomic mass is 10.1. The molecule has 0 radical (unpaired) electrons. The Morgan fingerprint density at radius 2 is 1.81 bits per heavy atom. The van der Waals surface area contributed by atoms with E-state index in [4.69, 9.17) is 23.2 Å². The predicted molar refractivity (Wildman–Crippen MR) is 116 cm³/mol. The van der Waals surface area contributed by atoms with Crippen molar-refractivity contribution in [3.8, 4) is 5.82 Å². The number of hydrogen-bond acceptors (Lipinski definition) is 5. The molecule has 9 nitrogen and oxygen atoms in total. The van der Waals surface area contributed by atoms with Gasteiger partial charge in [-0.15, -0.1) is 0 Å². The number of nitrogens with one attached hydrogen (secondary N) is 3. The van der Waals surface area contributed by atoms with Gasteiger partial charge in [0.1, 0.15) is 16.7 Å². The van der Waals surface area contributed by atoms with Gasteiger partial charge in [-0.2, -0.15) is 0 Å². The number of hydrazine groups is 1. The molecule has 11 heteroatoms. The number of rotatable bonds is 4. The van der Waals surface area contributed by atoms with Gasteiger partial charge in [0.2, 0.25) is 0 Å². The number of aryl methyl sites for hydroxylation is 1. The number of amides is 3. The summed E-state index contributed by atoms with van der Waals surface area (Å²) < 4.78 is 5.89. The highest BCUT2D eigenvalue weighted by Gasteiger charge is 2.21. The van der Waals surface area contributed by atoms with Crippen LogP contribution in [0.15, 0.2) is 48.7 Å². The Balaban J connectivity index is 1.94. The van der Waals surface area contributed by atoms with Crippen molar-refractivity contribution in [3.05, 3.63) is 75.7 Å². The highest BCUT2D eigenvalue weighted by atomic mass is 35.5. The van der Waals surface area contributed by atoms with Gasteiger partial charge in [0.15, 0.2) is 0 Å². The lowest BCUT2D eigenvalue weighted by molar-refractivity contribution is 0.0921. The van der Waals surface area contributed by atoms with E-state index in [0.717, 1.165) is 7.11 Å². The van der Waals surface area contributed by atoms with E-state index in [9.17, 15) is 14.4 Å². The molecule has 160 valence electrons. The highest BCUT2D eigenvalue weighted by Crippen LogP contribution is 2.27. The van der Waals surface area contributed by atoms with Crippen LogP contribution in [0.5, 0.6) is 0 Å². The number of anilines is 1. The van der Waals surface area contributed by atoms with Gasteiger partial charge in [-0.1, -0.05) is 29.3 Å². The molecule has 0 spiro atoms. The Labute approximate surface area is 187 Å². The molecule has 1 aromatic carbocycles. The molecule has 0 fully saturated rings. The smallest absolute Gasteiger partial charge is 0.425 e. The second-order valence-electron chi connectivity index (χ2n) is 6.23. The molecule has 3 rings (SSSR count). The average molecular weight is 462 g/mol. The summed E-state index contributed by atoms with van der Waals surface area (Å²) in [5.41, 5.74) is 5.25. The van der Waals surface area contributed by atoms with Crippen LogP contribution in [0.4, 0.5) is 10.5 Å². The first-order valence-electron chi connectivity index (χ1n) is 8.86. The fourth-order valence-electron chi connectivity index (χ4n) is 2.80. The second-order valence-corrected chi connectivity index (χ2v) is 7.06. The molecule has 0 bridgehead atoms. The zero-order chi connectivity index (χ0) is 22.5. The fraction of sp³-hybridized carbons (Fsp3) is 0.100. The third kappa shape index (κ3) is 4.96. The van der Waals surface area contributed by atoms with E-state index in [1.54, 1.807) is 43.5 Å². The first kappa shape index (κ1) is 22.1. The number of halogens is 2. The molecule has 3 N–H and O–H groups in total. The summed E-state index contributed by atoms with van der Waals surface area (Å²) in [5, 5.41) is 3.28. The van der Waals surface area contributed by atoms with Crippen molar-refractivity contribution >= 4 is 46.8 Å². The van der Waals surface area contributed by atoms with Crippen LogP contribution in [-0.4, -0.2) is 34.6 Å². The van der Waals surface area contributed by atoms with Crippen molar-refractivity contribution in [1.29, 1.82) is 0 Å². The number of ether oxygens (including phenoxy) is 1. The van der Waals surface area contributed by atoms with Crippen LogP contribution in [0.25, 0.3) is 5.82 Å². The van der Waals surface area contributed by atoms with Gasteiger partial charge in [0, 0.05) is 11.2 Å². The molecule has 0 aliphatic rings. The quantitative estimate of drug-likeness (QED) is 0.511. The second kappa shape index (κ2) is 9.50. The molecule has 0 unspecified atom stereocenters. The minimum Gasteiger partial charge on any atom is -0.452 e. The monoisotopic (exact) mass is 461 g/mol. The lowest BCUT2D eigenvalue weighted by Crippen LogP contribution is -2.41. The van der Waals surface area contributed by atoms with Crippen molar-refractivity contribution in [3.63, 3.8) is 0 Å². The molecular weight excluding hydrogens is 445 g/mol. The number of methoxy groups -OCH3 is 1. The van der Waals surface area contributed by atoms with E-state index < -0.39 is 17.9 Å². The number of nitrogens with zero attached hydrogens (tertiary/aromatic N) is 2. The molecule has 2 aromatic heterocycles. The number of hydrogen-bond donors (Lipinski definition) is 3. The molecular formula is C20H17Cl2N5O4. The van der Waals surface area contributed by atoms with Crippen LogP contribution in [-0.2, 0) is 4.74 Å². The van der Waals surface area contributed by atoms with Gasteiger partial charge >= 0.3 is 6.09 Å². The minimum absolute atomic E-state index is 0.0387. The molecule has 0 saturated heterocycles. The predicted octanol–water partition coefficient (Wildman–Crippen LogP) is 3.74. The number of benzene rings is 1. The Morgan fingerprint density at radius 3 is 2.48 bits per heavy atom. The normalized spacial score (nSPS) is 10.3. The van der Waals surface area contributed by atoms with Crippen molar-refractivity contribution < 1.29 is 19.1 Å². The molecule has 0 atom stereocenters. The summed E-state index contributed by atoms with van der Waals surface area (Å²) in [5.74, 6) is -0.780. The maximum absolute atomic E-state index is 13.1. The minimum atomic E-state index is -0.861. The van der Waals surface area contributed by atoms with E-state index in [-0.39, 0.29) is 27.1 Å². The summed E-state index contributed by atoms with van der Waals surface area (Å²) in [7, 11) is 1.15. The van der Waals surface area contributed by atoms with Gasteiger partial charge in [-0.3, -0.25) is 19.6 Å². The van der Waals surface area contributed by atoms with E-state index in [2.05, 4.69) is 25.9 Å². The van der Waals surface area contributed by atoms with E-state index in [1.807, 2.05) is 0 Å². The molecule has 31 heavy (non-hydrogen) atoms. The van der Waals surface area contributed by atoms with Crippen LogP contribution in [0.1, 0.15) is 26.4 Å². The summed E-state index contributed by atoms with van der Waals surface area (Å²) in [6.45, 7) is 1.68. The van der Waals surface area contributed by atoms with Crippen LogP contribution in [0.2, 0.25) is 10.2 Å². The number of aromatic nitrogens is 2. The van der Waals surface area contributed by atoms with E-state index >= 15 is 0 Å². The molecule has 0 aliphatic heterocycles. The first-order valence-corrected chi connectivity index (χ1v) is 9.62. The van der Waals surface area contributed by atoms with Gasteiger partial charge in [0.05, 0.1) is 18.4 Å². The average Bonchev–Trinajstić information content (AvgIpc) is 3.15. The first-order chi connectivity index (χ1) is 14.8. The van der Waals surface area contributed by atoms with Crippen LogP contribution < -0.4 is 16.2 Å². The van der Waals surface area contributed by atoms with E-state index in [0.29, 0.717) is 11.4 Å².